The number of nitrogens with zero attached hydrogens (tertiary/aromatic N) is 1. The number of rotatable bonds is 4. The molecule has 2 rings (SSSR count). The normalized spacial score (nSPS) is 10.5. The Morgan fingerprint density at radius 1 is 1.13 bits per heavy atom. The maximum absolute atomic E-state index is 4.52. The summed E-state index contributed by atoms with van der Waals surface area (Å²) in [7, 11) is 0. The van der Waals surface area contributed by atoms with Crippen molar-refractivity contribution in [3.8, 4) is 0 Å². The smallest absolute Gasteiger partial charge is 0.0931 e. The number of hydrogen-bond acceptors (Lipinski definition) is 2. The standard InChI is InChI=1S/C12H12BrNS/c13-8-11-9-15-12(14-11)7-6-10-4-2-1-3-5-10/h1-5,9H,6-8H2. The zero-order chi connectivity index (χ0) is 10.5. The fourth-order valence-electron chi connectivity index (χ4n) is 1.42. The molecule has 0 aliphatic rings. The van der Waals surface area contributed by atoms with Gasteiger partial charge >= 0.3 is 0 Å². The lowest BCUT2D eigenvalue weighted by Gasteiger charge is -1.97. The van der Waals surface area contributed by atoms with Crippen molar-refractivity contribution >= 4 is 27.3 Å². The van der Waals surface area contributed by atoms with Crippen LogP contribution in [0.4, 0.5) is 0 Å². The van der Waals surface area contributed by atoms with E-state index in [1.54, 1.807) is 11.3 Å². The quantitative estimate of drug-likeness (QED) is 0.777. The number of aryl methyl sites for hydroxylation is 2. The number of benzene rings is 1. The van der Waals surface area contributed by atoms with Crippen LogP contribution >= 0.6 is 27.3 Å². The van der Waals surface area contributed by atoms with Crippen LogP contribution in [-0.4, -0.2) is 4.98 Å². The van der Waals surface area contributed by atoms with Crippen LogP contribution in [0.5, 0.6) is 0 Å². The van der Waals surface area contributed by atoms with Crippen LogP contribution in [-0.2, 0) is 18.2 Å². The fraction of sp³-hybridized carbons (Fsp3) is 0.250. The predicted octanol–water partition coefficient (Wildman–Crippen LogP) is 3.82. The molecule has 0 aliphatic carbocycles. The number of halogens is 1. The molecule has 2 aromatic rings. The molecule has 0 atom stereocenters. The summed E-state index contributed by atoms with van der Waals surface area (Å²) in [5.74, 6) is 0. The van der Waals surface area contributed by atoms with Crippen molar-refractivity contribution in [2.45, 2.75) is 18.2 Å². The van der Waals surface area contributed by atoms with Gasteiger partial charge in [0.15, 0.2) is 0 Å². The Hall–Kier alpha value is -0.670. The molecule has 0 N–H and O–H groups in total. The molecule has 1 heterocycles. The van der Waals surface area contributed by atoms with Crippen LogP contribution in [0.15, 0.2) is 35.7 Å². The van der Waals surface area contributed by atoms with Crippen molar-refractivity contribution in [2.24, 2.45) is 0 Å². The van der Waals surface area contributed by atoms with Crippen molar-refractivity contribution < 1.29 is 0 Å². The first kappa shape index (κ1) is 10.8. The predicted molar refractivity (Wildman–Crippen MR) is 68.6 cm³/mol. The van der Waals surface area contributed by atoms with E-state index >= 15 is 0 Å². The summed E-state index contributed by atoms with van der Waals surface area (Å²) in [4.78, 5) is 4.52. The van der Waals surface area contributed by atoms with Gasteiger partial charge in [-0.05, 0) is 12.0 Å². The first-order valence-electron chi connectivity index (χ1n) is 4.91. The van der Waals surface area contributed by atoms with E-state index in [9.17, 15) is 0 Å². The molecule has 0 unspecified atom stereocenters. The molecule has 0 saturated heterocycles. The van der Waals surface area contributed by atoms with Gasteiger partial charge in [-0.2, -0.15) is 0 Å². The highest BCUT2D eigenvalue weighted by Gasteiger charge is 2.01. The van der Waals surface area contributed by atoms with Gasteiger partial charge in [0, 0.05) is 17.1 Å². The van der Waals surface area contributed by atoms with Gasteiger partial charge in [-0.25, -0.2) is 4.98 Å². The summed E-state index contributed by atoms with van der Waals surface area (Å²) in [5.41, 5.74) is 2.52. The first-order valence-corrected chi connectivity index (χ1v) is 6.92. The Kier molecular flexibility index (Phi) is 3.92. The SMILES string of the molecule is BrCc1csc(CCc2ccccc2)n1. The Morgan fingerprint density at radius 2 is 1.93 bits per heavy atom. The largest absolute Gasteiger partial charge is 0.245 e. The van der Waals surface area contributed by atoms with Gasteiger partial charge < -0.3 is 0 Å². The van der Waals surface area contributed by atoms with Gasteiger partial charge in [-0.15, -0.1) is 11.3 Å². The highest BCUT2D eigenvalue weighted by Crippen LogP contribution is 2.14. The van der Waals surface area contributed by atoms with E-state index in [2.05, 4.69) is 56.6 Å². The molecule has 15 heavy (non-hydrogen) atoms. The number of thiazole rings is 1. The summed E-state index contributed by atoms with van der Waals surface area (Å²) in [5, 5.41) is 4.21. The minimum Gasteiger partial charge on any atom is -0.245 e. The Bertz CT molecular complexity index is 411. The maximum Gasteiger partial charge on any atom is 0.0931 e. The topological polar surface area (TPSA) is 12.9 Å². The van der Waals surface area contributed by atoms with Crippen molar-refractivity contribution in [3.63, 3.8) is 0 Å². The number of hydrogen-bond donors (Lipinski definition) is 0. The van der Waals surface area contributed by atoms with Gasteiger partial charge in [0.25, 0.3) is 0 Å². The highest BCUT2D eigenvalue weighted by atomic mass is 79.9. The molecule has 1 aromatic carbocycles. The van der Waals surface area contributed by atoms with E-state index in [0.29, 0.717) is 0 Å². The monoisotopic (exact) mass is 281 g/mol. The van der Waals surface area contributed by atoms with Gasteiger partial charge in [-0.3, -0.25) is 0 Å². The second kappa shape index (κ2) is 5.42. The van der Waals surface area contributed by atoms with Crippen LogP contribution in [0.2, 0.25) is 0 Å². The Balaban J connectivity index is 1.93. The lowest BCUT2D eigenvalue weighted by Crippen LogP contribution is -1.90. The lowest BCUT2D eigenvalue weighted by molar-refractivity contribution is 0.935. The lowest BCUT2D eigenvalue weighted by atomic mass is 10.1. The molecule has 0 spiro atoms. The van der Waals surface area contributed by atoms with Crippen molar-refractivity contribution in [1.82, 2.24) is 4.98 Å². The van der Waals surface area contributed by atoms with Crippen LogP contribution in [0.25, 0.3) is 0 Å². The summed E-state index contributed by atoms with van der Waals surface area (Å²) in [6, 6.07) is 10.6. The van der Waals surface area contributed by atoms with Crippen molar-refractivity contribution in [3.05, 3.63) is 52.0 Å². The van der Waals surface area contributed by atoms with E-state index in [1.165, 1.54) is 10.6 Å². The summed E-state index contributed by atoms with van der Waals surface area (Å²) in [6.45, 7) is 0. The molecule has 1 aromatic heterocycles. The van der Waals surface area contributed by atoms with E-state index in [1.807, 2.05) is 0 Å². The molecule has 0 bridgehead atoms. The summed E-state index contributed by atoms with van der Waals surface area (Å²) < 4.78 is 0. The van der Waals surface area contributed by atoms with E-state index in [4.69, 9.17) is 0 Å². The molecule has 78 valence electrons. The zero-order valence-electron chi connectivity index (χ0n) is 8.32. The zero-order valence-corrected chi connectivity index (χ0v) is 10.7. The van der Waals surface area contributed by atoms with E-state index in [0.717, 1.165) is 23.9 Å². The molecule has 0 aliphatic heterocycles. The molecular formula is C12H12BrNS. The van der Waals surface area contributed by atoms with Gasteiger partial charge in [0.1, 0.15) is 0 Å². The Morgan fingerprint density at radius 3 is 2.60 bits per heavy atom. The fourth-order valence-corrected chi connectivity index (χ4v) is 2.72. The van der Waals surface area contributed by atoms with Gasteiger partial charge in [0.05, 0.1) is 10.7 Å². The first-order chi connectivity index (χ1) is 7.38. The maximum atomic E-state index is 4.52. The molecule has 3 heteroatoms. The molecule has 1 nitrogen and oxygen atoms in total. The third kappa shape index (κ3) is 3.14. The molecule has 0 radical (unpaired) electrons. The second-order valence-corrected chi connectivity index (χ2v) is 4.86. The second-order valence-electron chi connectivity index (χ2n) is 3.35. The number of aromatic nitrogens is 1. The van der Waals surface area contributed by atoms with Gasteiger partial charge in [-0.1, -0.05) is 46.3 Å². The van der Waals surface area contributed by atoms with Gasteiger partial charge in [0.2, 0.25) is 0 Å². The average molecular weight is 282 g/mol. The van der Waals surface area contributed by atoms with Crippen LogP contribution in [0, 0.1) is 0 Å². The minimum atomic E-state index is 0.856. The number of alkyl halides is 1. The third-order valence-corrected chi connectivity index (χ3v) is 3.74. The van der Waals surface area contributed by atoms with E-state index < -0.39 is 0 Å². The third-order valence-electron chi connectivity index (χ3n) is 2.21. The van der Waals surface area contributed by atoms with Crippen molar-refractivity contribution in [1.29, 1.82) is 0 Å². The van der Waals surface area contributed by atoms with Crippen molar-refractivity contribution in [2.75, 3.05) is 0 Å². The molecule has 0 amide bonds. The minimum absolute atomic E-state index is 0.856. The van der Waals surface area contributed by atoms with Crippen LogP contribution < -0.4 is 0 Å². The summed E-state index contributed by atoms with van der Waals surface area (Å²) >= 11 is 5.16. The molecule has 0 fully saturated rings. The molecular weight excluding hydrogens is 270 g/mol. The average Bonchev–Trinajstić information content (AvgIpc) is 2.76. The summed E-state index contributed by atoms with van der Waals surface area (Å²) in [6.07, 6.45) is 2.12. The molecule has 0 saturated carbocycles. The van der Waals surface area contributed by atoms with Crippen LogP contribution in [0.3, 0.4) is 0 Å². The Labute approximate surface area is 102 Å². The van der Waals surface area contributed by atoms with E-state index in [-0.39, 0.29) is 0 Å². The highest BCUT2D eigenvalue weighted by molar-refractivity contribution is 9.08. The van der Waals surface area contributed by atoms with Crippen LogP contribution in [0.1, 0.15) is 16.3 Å².